The second kappa shape index (κ2) is 5.05. The third kappa shape index (κ3) is 3.14. The summed E-state index contributed by atoms with van der Waals surface area (Å²) in [6, 6.07) is 4.94. The summed E-state index contributed by atoms with van der Waals surface area (Å²) < 4.78 is 11.1. The molecule has 0 radical (unpaired) electrons. The second-order valence-corrected chi connectivity index (χ2v) is 4.97. The van der Waals surface area contributed by atoms with Gasteiger partial charge in [-0.05, 0) is 38.8 Å². The molecule has 2 heterocycles. The number of aryl methyl sites for hydroxylation is 1. The number of anilines is 1. The van der Waals surface area contributed by atoms with Crippen LogP contribution in [0.3, 0.4) is 0 Å². The third-order valence-electron chi connectivity index (χ3n) is 3.11. The van der Waals surface area contributed by atoms with Crippen LogP contribution in [0.4, 0.5) is 6.01 Å². The zero-order valence-corrected chi connectivity index (χ0v) is 11.1. The molecule has 0 spiro atoms. The molecule has 1 atom stereocenters. The maximum Gasteiger partial charge on any atom is 0.316 e. The van der Waals surface area contributed by atoms with E-state index in [4.69, 9.17) is 8.83 Å². The Hall–Kier alpha value is -1.82. The topological polar surface area (TPSA) is 76.1 Å². The molecular weight excluding hydrogens is 244 g/mol. The van der Waals surface area contributed by atoms with Crippen LogP contribution in [0.25, 0.3) is 0 Å². The van der Waals surface area contributed by atoms with Crippen LogP contribution in [-0.2, 0) is 6.54 Å². The van der Waals surface area contributed by atoms with Crippen molar-refractivity contribution in [2.75, 3.05) is 5.32 Å². The highest BCUT2D eigenvalue weighted by Crippen LogP contribution is 2.21. The monoisotopic (exact) mass is 262 g/mol. The number of furan rings is 1. The molecule has 0 bridgehead atoms. The standard InChI is InChI=1S/C13H18N4O2/c1-8-3-6-11(18-8)9(2)15-13-17-16-12(19-13)7-14-10-4-5-10/h3,6,9-10,14H,4-5,7H2,1-2H3,(H,15,17). The molecule has 2 aromatic rings. The van der Waals surface area contributed by atoms with E-state index in [1.54, 1.807) is 0 Å². The molecule has 0 amide bonds. The fourth-order valence-electron chi connectivity index (χ4n) is 1.84. The number of rotatable bonds is 6. The van der Waals surface area contributed by atoms with Crippen molar-refractivity contribution in [1.82, 2.24) is 15.5 Å². The molecule has 1 aliphatic carbocycles. The first-order chi connectivity index (χ1) is 9.20. The van der Waals surface area contributed by atoms with Crippen molar-refractivity contribution < 1.29 is 8.83 Å². The Morgan fingerprint density at radius 3 is 2.84 bits per heavy atom. The molecule has 1 aliphatic rings. The lowest BCUT2D eigenvalue weighted by Gasteiger charge is -2.08. The molecule has 0 saturated heterocycles. The van der Waals surface area contributed by atoms with Crippen molar-refractivity contribution >= 4 is 6.01 Å². The molecule has 1 unspecified atom stereocenters. The Morgan fingerprint density at radius 1 is 1.32 bits per heavy atom. The van der Waals surface area contributed by atoms with Gasteiger partial charge in [-0.3, -0.25) is 0 Å². The van der Waals surface area contributed by atoms with Gasteiger partial charge in [-0.1, -0.05) is 5.10 Å². The Morgan fingerprint density at radius 2 is 2.16 bits per heavy atom. The van der Waals surface area contributed by atoms with E-state index in [1.807, 2.05) is 26.0 Å². The Kier molecular flexibility index (Phi) is 3.25. The van der Waals surface area contributed by atoms with E-state index < -0.39 is 0 Å². The Labute approximate surface area is 111 Å². The largest absolute Gasteiger partial charge is 0.464 e. The minimum atomic E-state index is -0.00149. The zero-order chi connectivity index (χ0) is 13.2. The minimum absolute atomic E-state index is 0.00149. The molecular formula is C13H18N4O2. The molecule has 3 rings (SSSR count). The van der Waals surface area contributed by atoms with Crippen LogP contribution < -0.4 is 10.6 Å². The summed E-state index contributed by atoms with van der Waals surface area (Å²) in [7, 11) is 0. The van der Waals surface area contributed by atoms with E-state index in [0.717, 1.165) is 11.5 Å². The molecule has 0 aliphatic heterocycles. The highest BCUT2D eigenvalue weighted by Gasteiger charge is 2.21. The lowest BCUT2D eigenvalue weighted by molar-refractivity contribution is 0.448. The van der Waals surface area contributed by atoms with Crippen molar-refractivity contribution in [3.63, 3.8) is 0 Å². The van der Waals surface area contributed by atoms with Crippen LogP contribution in [0.5, 0.6) is 0 Å². The van der Waals surface area contributed by atoms with E-state index in [2.05, 4.69) is 20.8 Å². The summed E-state index contributed by atoms with van der Waals surface area (Å²) in [5, 5.41) is 14.4. The SMILES string of the molecule is Cc1ccc(C(C)Nc2nnc(CNC3CC3)o2)o1. The first-order valence-electron chi connectivity index (χ1n) is 6.59. The summed E-state index contributed by atoms with van der Waals surface area (Å²) in [6.07, 6.45) is 2.49. The number of aromatic nitrogens is 2. The van der Waals surface area contributed by atoms with Crippen LogP contribution >= 0.6 is 0 Å². The van der Waals surface area contributed by atoms with E-state index in [-0.39, 0.29) is 6.04 Å². The van der Waals surface area contributed by atoms with Gasteiger partial charge in [0.1, 0.15) is 11.5 Å². The molecule has 1 saturated carbocycles. The lowest BCUT2D eigenvalue weighted by Crippen LogP contribution is -2.15. The quantitative estimate of drug-likeness (QED) is 0.832. The summed E-state index contributed by atoms with van der Waals surface area (Å²) in [6.45, 7) is 4.54. The van der Waals surface area contributed by atoms with E-state index in [9.17, 15) is 0 Å². The highest BCUT2D eigenvalue weighted by atomic mass is 16.4. The summed E-state index contributed by atoms with van der Waals surface area (Å²) in [4.78, 5) is 0. The number of hydrogen-bond donors (Lipinski definition) is 2. The Balaban J connectivity index is 1.56. The highest BCUT2D eigenvalue weighted by molar-refractivity contribution is 5.24. The van der Waals surface area contributed by atoms with E-state index in [1.165, 1.54) is 12.8 Å². The molecule has 0 aromatic carbocycles. The van der Waals surface area contributed by atoms with Gasteiger partial charge in [0.05, 0.1) is 12.6 Å². The molecule has 2 aromatic heterocycles. The predicted molar refractivity (Wildman–Crippen MR) is 69.6 cm³/mol. The van der Waals surface area contributed by atoms with Crippen LogP contribution in [0, 0.1) is 6.92 Å². The molecule has 102 valence electrons. The van der Waals surface area contributed by atoms with E-state index >= 15 is 0 Å². The van der Waals surface area contributed by atoms with Crippen molar-refractivity contribution in [3.05, 3.63) is 29.5 Å². The van der Waals surface area contributed by atoms with Gasteiger partial charge in [-0.25, -0.2) is 0 Å². The van der Waals surface area contributed by atoms with Crippen LogP contribution in [0.15, 0.2) is 21.0 Å². The summed E-state index contributed by atoms with van der Waals surface area (Å²) in [5.41, 5.74) is 0. The van der Waals surface area contributed by atoms with Gasteiger partial charge in [0.15, 0.2) is 0 Å². The maximum atomic E-state index is 5.55. The smallest absolute Gasteiger partial charge is 0.316 e. The summed E-state index contributed by atoms with van der Waals surface area (Å²) >= 11 is 0. The molecule has 6 nitrogen and oxygen atoms in total. The van der Waals surface area contributed by atoms with Gasteiger partial charge in [0.2, 0.25) is 5.89 Å². The zero-order valence-electron chi connectivity index (χ0n) is 11.1. The van der Waals surface area contributed by atoms with Crippen molar-refractivity contribution in [3.8, 4) is 0 Å². The predicted octanol–water partition coefficient (Wildman–Crippen LogP) is 2.40. The fourth-order valence-corrected chi connectivity index (χ4v) is 1.84. The van der Waals surface area contributed by atoms with Crippen LogP contribution in [-0.4, -0.2) is 16.2 Å². The van der Waals surface area contributed by atoms with Crippen molar-refractivity contribution in [2.24, 2.45) is 0 Å². The minimum Gasteiger partial charge on any atom is -0.464 e. The summed E-state index contributed by atoms with van der Waals surface area (Å²) in [5.74, 6) is 2.36. The maximum absolute atomic E-state index is 5.55. The van der Waals surface area contributed by atoms with Crippen molar-refractivity contribution in [1.29, 1.82) is 0 Å². The van der Waals surface area contributed by atoms with Gasteiger partial charge in [0.25, 0.3) is 0 Å². The lowest BCUT2D eigenvalue weighted by atomic mass is 10.2. The van der Waals surface area contributed by atoms with Gasteiger partial charge in [0, 0.05) is 6.04 Å². The normalized spacial score (nSPS) is 16.5. The van der Waals surface area contributed by atoms with Gasteiger partial charge in [-0.2, -0.15) is 0 Å². The Bertz CT molecular complexity index is 544. The van der Waals surface area contributed by atoms with Gasteiger partial charge >= 0.3 is 6.01 Å². The number of nitrogens with zero attached hydrogens (tertiary/aromatic N) is 2. The van der Waals surface area contributed by atoms with E-state index in [0.29, 0.717) is 24.5 Å². The molecule has 6 heteroatoms. The molecule has 2 N–H and O–H groups in total. The second-order valence-electron chi connectivity index (χ2n) is 4.97. The molecule has 19 heavy (non-hydrogen) atoms. The van der Waals surface area contributed by atoms with Gasteiger partial charge in [-0.15, -0.1) is 5.10 Å². The van der Waals surface area contributed by atoms with Crippen molar-refractivity contribution in [2.45, 2.75) is 45.3 Å². The first kappa shape index (κ1) is 12.2. The third-order valence-corrected chi connectivity index (χ3v) is 3.11. The first-order valence-corrected chi connectivity index (χ1v) is 6.59. The average molecular weight is 262 g/mol. The number of nitrogens with one attached hydrogen (secondary N) is 2. The molecule has 1 fully saturated rings. The van der Waals surface area contributed by atoms with Gasteiger partial charge < -0.3 is 19.5 Å². The average Bonchev–Trinajstić information content (AvgIpc) is 2.95. The van der Waals surface area contributed by atoms with Crippen LogP contribution in [0.2, 0.25) is 0 Å². The number of hydrogen-bond acceptors (Lipinski definition) is 6. The van der Waals surface area contributed by atoms with Crippen LogP contribution in [0.1, 0.15) is 43.2 Å². The fraction of sp³-hybridized carbons (Fsp3) is 0.538.